The Bertz CT molecular complexity index is 997. The number of rotatable bonds is 3. The van der Waals surface area contributed by atoms with Gasteiger partial charge in [-0.2, -0.15) is 0 Å². The van der Waals surface area contributed by atoms with Gasteiger partial charge in [-0.1, -0.05) is 19.1 Å². The Kier molecular flexibility index (Phi) is 4.99. The quantitative estimate of drug-likeness (QED) is 0.786. The number of aryl methyl sites for hydroxylation is 2. The second-order valence-corrected chi connectivity index (χ2v) is 8.45. The Morgan fingerprint density at radius 2 is 1.72 bits per heavy atom. The van der Waals surface area contributed by atoms with Gasteiger partial charge in [0, 0.05) is 11.3 Å². The summed E-state index contributed by atoms with van der Waals surface area (Å²) in [5, 5.41) is 2.89. The molecule has 150 valence electrons. The van der Waals surface area contributed by atoms with E-state index in [9.17, 15) is 14.4 Å². The van der Waals surface area contributed by atoms with Crippen LogP contribution >= 0.6 is 0 Å². The topological polar surface area (TPSA) is 66.5 Å². The molecule has 0 radical (unpaired) electrons. The van der Waals surface area contributed by atoms with Crippen molar-refractivity contribution in [1.29, 1.82) is 0 Å². The summed E-state index contributed by atoms with van der Waals surface area (Å²) in [5.74, 6) is -0.494. The first-order valence-corrected chi connectivity index (χ1v) is 10.2. The summed E-state index contributed by atoms with van der Waals surface area (Å²) >= 11 is 0. The Morgan fingerprint density at radius 1 is 0.966 bits per heavy atom. The fourth-order valence-corrected chi connectivity index (χ4v) is 4.45. The van der Waals surface area contributed by atoms with Crippen LogP contribution in [0.2, 0.25) is 0 Å². The molecule has 1 saturated carbocycles. The molecule has 2 aromatic rings. The number of amides is 3. The molecule has 5 nitrogen and oxygen atoms in total. The van der Waals surface area contributed by atoms with Gasteiger partial charge >= 0.3 is 0 Å². The highest BCUT2D eigenvalue weighted by atomic mass is 16.2. The van der Waals surface area contributed by atoms with Crippen LogP contribution in [0.1, 0.15) is 47.7 Å². The highest BCUT2D eigenvalue weighted by Crippen LogP contribution is 2.42. The van der Waals surface area contributed by atoms with E-state index in [1.807, 2.05) is 32.0 Å². The predicted molar refractivity (Wildman–Crippen MR) is 113 cm³/mol. The average molecular weight is 390 g/mol. The molecule has 0 bridgehead atoms. The van der Waals surface area contributed by atoms with E-state index in [1.54, 1.807) is 24.3 Å². The minimum Gasteiger partial charge on any atom is -0.322 e. The lowest BCUT2D eigenvalue weighted by Crippen LogP contribution is -2.31. The SMILES string of the molecule is Cc1ccc(NC(=O)c2cccc(N3C(=O)[C@H]4C[C@H](C)CC[C@H]4C3=O)c2)cc1C. The highest BCUT2D eigenvalue weighted by Gasteiger charge is 2.50. The molecule has 1 N–H and O–H groups in total. The molecule has 4 rings (SSSR count). The third kappa shape index (κ3) is 3.57. The fourth-order valence-electron chi connectivity index (χ4n) is 4.45. The minimum atomic E-state index is -0.264. The van der Waals surface area contributed by atoms with Crippen LogP contribution in [0, 0.1) is 31.6 Å². The molecule has 2 aromatic carbocycles. The molecule has 2 aliphatic rings. The van der Waals surface area contributed by atoms with Crippen LogP contribution in [0.25, 0.3) is 0 Å². The number of nitrogens with zero attached hydrogens (tertiary/aromatic N) is 1. The lowest BCUT2D eigenvalue weighted by Gasteiger charge is -2.25. The number of anilines is 2. The fraction of sp³-hybridized carbons (Fsp3) is 0.375. The molecule has 1 heterocycles. The second-order valence-electron chi connectivity index (χ2n) is 8.45. The molecular weight excluding hydrogens is 364 g/mol. The lowest BCUT2D eigenvalue weighted by molar-refractivity contribution is -0.122. The lowest BCUT2D eigenvalue weighted by atomic mass is 9.76. The van der Waals surface area contributed by atoms with Crippen molar-refractivity contribution in [2.75, 3.05) is 10.2 Å². The first-order valence-electron chi connectivity index (χ1n) is 10.2. The Hall–Kier alpha value is -2.95. The van der Waals surface area contributed by atoms with E-state index < -0.39 is 0 Å². The van der Waals surface area contributed by atoms with Crippen molar-refractivity contribution in [3.05, 3.63) is 59.2 Å². The van der Waals surface area contributed by atoms with Crippen LogP contribution in [0.3, 0.4) is 0 Å². The maximum Gasteiger partial charge on any atom is 0.255 e. The zero-order valence-electron chi connectivity index (χ0n) is 17.1. The molecular formula is C24H26N2O3. The summed E-state index contributed by atoms with van der Waals surface area (Å²) < 4.78 is 0. The van der Waals surface area contributed by atoms with Gasteiger partial charge in [0.2, 0.25) is 11.8 Å². The summed E-state index contributed by atoms with van der Waals surface area (Å²) in [6.07, 6.45) is 2.50. The van der Waals surface area contributed by atoms with Crippen molar-refractivity contribution in [2.24, 2.45) is 17.8 Å². The van der Waals surface area contributed by atoms with E-state index >= 15 is 0 Å². The van der Waals surface area contributed by atoms with Gasteiger partial charge in [-0.05, 0) is 80.5 Å². The summed E-state index contributed by atoms with van der Waals surface area (Å²) in [7, 11) is 0. The number of carbonyl (C=O) groups is 3. The van der Waals surface area contributed by atoms with Crippen molar-refractivity contribution in [3.63, 3.8) is 0 Å². The third-order valence-corrected chi connectivity index (χ3v) is 6.32. The van der Waals surface area contributed by atoms with Crippen molar-refractivity contribution in [3.8, 4) is 0 Å². The smallest absolute Gasteiger partial charge is 0.255 e. The first-order chi connectivity index (χ1) is 13.8. The van der Waals surface area contributed by atoms with E-state index in [1.165, 1.54) is 4.90 Å². The first kappa shape index (κ1) is 19.4. The minimum absolute atomic E-state index is 0.126. The maximum absolute atomic E-state index is 12.9. The molecule has 5 heteroatoms. The van der Waals surface area contributed by atoms with Crippen LogP contribution < -0.4 is 10.2 Å². The Morgan fingerprint density at radius 3 is 2.48 bits per heavy atom. The predicted octanol–water partition coefficient (Wildman–Crippen LogP) is 4.48. The summed E-state index contributed by atoms with van der Waals surface area (Å²) in [4.78, 5) is 39.9. The number of hydrogen-bond donors (Lipinski definition) is 1. The second kappa shape index (κ2) is 7.47. The van der Waals surface area contributed by atoms with Crippen molar-refractivity contribution in [2.45, 2.75) is 40.0 Å². The molecule has 1 aliphatic heterocycles. The van der Waals surface area contributed by atoms with Gasteiger partial charge in [0.1, 0.15) is 0 Å². The largest absolute Gasteiger partial charge is 0.322 e. The number of benzene rings is 2. The normalized spacial score (nSPS) is 23.8. The molecule has 1 saturated heterocycles. The van der Waals surface area contributed by atoms with E-state index in [2.05, 4.69) is 12.2 Å². The zero-order chi connectivity index (χ0) is 20.7. The van der Waals surface area contributed by atoms with Gasteiger partial charge in [-0.15, -0.1) is 0 Å². The molecule has 2 fully saturated rings. The Labute approximate surface area is 171 Å². The van der Waals surface area contributed by atoms with Gasteiger partial charge in [-0.25, -0.2) is 0 Å². The highest BCUT2D eigenvalue weighted by molar-refractivity contribution is 6.22. The van der Waals surface area contributed by atoms with Crippen LogP contribution in [-0.4, -0.2) is 17.7 Å². The monoisotopic (exact) mass is 390 g/mol. The summed E-state index contributed by atoms with van der Waals surface area (Å²) in [6, 6.07) is 12.5. The number of carbonyl (C=O) groups excluding carboxylic acids is 3. The molecule has 3 atom stereocenters. The van der Waals surface area contributed by atoms with E-state index in [0.29, 0.717) is 17.2 Å². The molecule has 0 aromatic heterocycles. The van der Waals surface area contributed by atoms with Gasteiger partial charge < -0.3 is 5.32 Å². The standard InChI is InChI=1S/C24H26N2O3/c1-14-7-10-20-21(11-14)24(29)26(23(20)28)19-6-4-5-17(13-19)22(27)25-18-9-8-15(2)16(3)12-18/h4-6,8-9,12-14,20-21H,7,10-11H2,1-3H3,(H,25,27)/t14-,20-,21+/m1/s1. The number of fused-ring (bicyclic) bond motifs is 1. The van der Waals surface area contributed by atoms with Gasteiger partial charge in [-0.3, -0.25) is 19.3 Å². The average Bonchev–Trinajstić information content (AvgIpc) is 2.94. The van der Waals surface area contributed by atoms with Crippen molar-refractivity contribution in [1.82, 2.24) is 0 Å². The van der Waals surface area contributed by atoms with Gasteiger partial charge in [0.15, 0.2) is 0 Å². The van der Waals surface area contributed by atoms with E-state index in [-0.39, 0.29) is 29.6 Å². The summed E-state index contributed by atoms with van der Waals surface area (Å²) in [6.45, 7) is 6.15. The number of nitrogens with one attached hydrogen (secondary N) is 1. The molecule has 0 unspecified atom stereocenters. The van der Waals surface area contributed by atoms with Gasteiger partial charge in [0.25, 0.3) is 5.91 Å². The van der Waals surface area contributed by atoms with Gasteiger partial charge in [0.05, 0.1) is 17.5 Å². The number of imide groups is 1. The van der Waals surface area contributed by atoms with Crippen LogP contribution in [-0.2, 0) is 9.59 Å². The van der Waals surface area contributed by atoms with E-state index in [4.69, 9.17) is 0 Å². The van der Waals surface area contributed by atoms with Crippen molar-refractivity contribution < 1.29 is 14.4 Å². The van der Waals surface area contributed by atoms with Crippen LogP contribution in [0.4, 0.5) is 11.4 Å². The van der Waals surface area contributed by atoms with E-state index in [0.717, 1.165) is 36.1 Å². The third-order valence-electron chi connectivity index (χ3n) is 6.32. The van der Waals surface area contributed by atoms with Crippen LogP contribution in [0.15, 0.2) is 42.5 Å². The Balaban J connectivity index is 1.57. The van der Waals surface area contributed by atoms with Crippen molar-refractivity contribution >= 4 is 29.1 Å². The molecule has 29 heavy (non-hydrogen) atoms. The maximum atomic E-state index is 12.9. The van der Waals surface area contributed by atoms with Crippen LogP contribution in [0.5, 0.6) is 0 Å². The zero-order valence-corrected chi connectivity index (χ0v) is 17.1. The molecule has 0 spiro atoms. The molecule has 3 amide bonds. The molecule has 1 aliphatic carbocycles. The number of hydrogen-bond acceptors (Lipinski definition) is 3. The summed E-state index contributed by atoms with van der Waals surface area (Å²) in [5.41, 5.74) is 3.88.